The Labute approximate surface area is 131 Å². The summed E-state index contributed by atoms with van der Waals surface area (Å²) in [5.74, 6) is -0.853. The first kappa shape index (κ1) is 18.4. The lowest BCUT2D eigenvalue weighted by molar-refractivity contribution is -0.123. The maximum Gasteiger partial charge on any atom is 0.244 e. The second-order valence-electron chi connectivity index (χ2n) is 6.20. The van der Waals surface area contributed by atoms with Gasteiger partial charge in [0.05, 0.1) is 11.9 Å². The Hall–Kier alpha value is -1.63. The number of nitrogens with zero attached hydrogens (tertiary/aromatic N) is 1. The van der Waals surface area contributed by atoms with Crippen molar-refractivity contribution in [3.8, 4) is 0 Å². The molecule has 1 unspecified atom stereocenters. The summed E-state index contributed by atoms with van der Waals surface area (Å²) in [6, 6.07) is 4.15. The standard InChI is InChI=1S/C15H23FN2O3S/c1-6-13(14(19)17-15(2,3)4)18(22(5,20)21)12-9-7-11(16)8-10-12/h7-10,13H,6H2,1-5H3,(H,17,19). The second-order valence-corrected chi connectivity index (χ2v) is 8.06. The lowest BCUT2D eigenvalue weighted by Gasteiger charge is -2.32. The van der Waals surface area contributed by atoms with Gasteiger partial charge in [-0.2, -0.15) is 0 Å². The van der Waals surface area contributed by atoms with Crippen LogP contribution in [-0.4, -0.2) is 32.2 Å². The van der Waals surface area contributed by atoms with Gasteiger partial charge in [-0.05, 0) is 51.5 Å². The van der Waals surface area contributed by atoms with Crippen LogP contribution in [0.2, 0.25) is 0 Å². The van der Waals surface area contributed by atoms with Crippen LogP contribution in [0, 0.1) is 5.82 Å². The number of rotatable bonds is 5. The van der Waals surface area contributed by atoms with Crippen LogP contribution in [0.25, 0.3) is 0 Å². The summed E-state index contributed by atoms with van der Waals surface area (Å²) >= 11 is 0. The molecule has 0 aromatic heterocycles. The van der Waals surface area contributed by atoms with Crippen LogP contribution in [0.15, 0.2) is 24.3 Å². The van der Waals surface area contributed by atoms with E-state index in [1.807, 2.05) is 20.8 Å². The molecule has 0 aliphatic heterocycles. The van der Waals surface area contributed by atoms with Crippen LogP contribution in [0.5, 0.6) is 0 Å². The van der Waals surface area contributed by atoms with E-state index in [0.717, 1.165) is 10.6 Å². The van der Waals surface area contributed by atoms with Crippen molar-refractivity contribution in [1.82, 2.24) is 5.32 Å². The Morgan fingerprint density at radius 2 is 1.77 bits per heavy atom. The molecule has 1 aromatic carbocycles. The molecule has 0 radical (unpaired) electrons. The van der Waals surface area contributed by atoms with E-state index in [2.05, 4.69) is 5.32 Å². The Morgan fingerprint density at radius 3 is 2.14 bits per heavy atom. The number of carbonyl (C=O) groups excluding carboxylic acids is 1. The average molecular weight is 330 g/mol. The van der Waals surface area contributed by atoms with Crippen LogP contribution in [0.3, 0.4) is 0 Å². The van der Waals surface area contributed by atoms with Gasteiger partial charge in [-0.25, -0.2) is 12.8 Å². The predicted molar refractivity (Wildman–Crippen MR) is 85.7 cm³/mol. The van der Waals surface area contributed by atoms with Crippen molar-refractivity contribution >= 4 is 21.6 Å². The van der Waals surface area contributed by atoms with E-state index in [4.69, 9.17) is 0 Å². The highest BCUT2D eigenvalue weighted by atomic mass is 32.2. The number of amides is 1. The molecule has 0 saturated carbocycles. The SMILES string of the molecule is CCC(C(=O)NC(C)(C)C)N(c1ccc(F)cc1)S(C)(=O)=O. The van der Waals surface area contributed by atoms with E-state index in [9.17, 15) is 17.6 Å². The predicted octanol–water partition coefficient (Wildman–Crippen LogP) is 2.29. The Balaban J connectivity index is 3.25. The summed E-state index contributed by atoms with van der Waals surface area (Å²) in [5, 5.41) is 2.78. The smallest absolute Gasteiger partial charge is 0.244 e. The fourth-order valence-corrected chi connectivity index (χ4v) is 3.31. The number of halogens is 1. The summed E-state index contributed by atoms with van der Waals surface area (Å²) in [6.07, 6.45) is 1.33. The zero-order valence-electron chi connectivity index (χ0n) is 13.6. The molecule has 0 spiro atoms. The molecule has 5 nitrogen and oxygen atoms in total. The van der Waals surface area contributed by atoms with Gasteiger partial charge in [-0.15, -0.1) is 0 Å². The second kappa shape index (κ2) is 6.64. The Bertz CT molecular complexity index is 621. The highest BCUT2D eigenvalue weighted by molar-refractivity contribution is 7.92. The van der Waals surface area contributed by atoms with Gasteiger partial charge in [0.15, 0.2) is 0 Å². The largest absolute Gasteiger partial charge is 0.350 e. The molecule has 0 bridgehead atoms. The van der Waals surface area contributed by atoms with E-state index in [0.29, 0.717) is 6.42 Å². The number of benzene rings is 1. The van der Waals surface area contributed by atoms with Crippen molar-refractivity contribution < 1.29 is 17.6 Å². The van der Waals surface area contributed by atoms with Gasteiger partial charge in [0, 0.05) is 5.54 Å². The lowest BCUT2D eigenvalue weighted by atomic mass is 10.1. The first-order valence-electron chi connectivity index (χ1n) is 7.02. The first-order chi connectivity index (χ1) is 9.95. The Morgan fingerprint density at radius 1 is 1.27 bits per heavy atom. The van der Waals surface area contributed by atoms with Crippen LogP contribution in [0.4, 0.5) is 10.1 Å². The molecule has 1 atom stereocenters. The highest BCUT2D eigenvalue weighted by Gasteiger charge is 2.32. The van der Waals surface area contributed by atoms with Gasteiger partial charge in [0.2, 0.25) is 15.9 Å². The Kier molecular flexibility index (Phi) is 5.56. The van der Waals surface area contributed by atoms with Crippen LogP contribution >= 0.6 is 0 Å². The van der Waals surface area contributed by atoms with Crippen molar-refractivity contribution in [3.63, 3.8) is 0 Å². The molecule has 1 rings (SSSR count). The maximum absolute atomic E-state index is 13.1. The number of nitrogens with one attached hydrogen (secondary N) is 1. The van der Waals surface area contributed by atoms with Gasteiger partial charge in [-0.3, -0.25) is 9.10 Å². The molecule has 0 aliphatic carbocycles. The number of sulfonamides is 1. The van der Waals surface area contributed by atoms with Crippen molar-refractivity contribution in [1.29, 1.82) is 0 Å². The third kappa shape index (κ3) is 4.98. The van der Waals surface area contributed by atoms with E-state index in [1.165, 1.54) is 24.3 Å². The van der Waals surface area contributed by atoms with E-state index in [-0.39, 0.29) is 11.6 Å². The first-order valence-corrected chi connectivity index (χ1v) is 8.87. The summed E-state index contributed by atoms with van der Waals surface area (Å²) in [6.45, 7) is 7.19. The van der Waals surface area contributed by atoms with E-state index in [1.54, 1.807) is 6.92 Å². The maximum atomic E-state index is 13.1. The van der Waals surface area contributed by atoms with Gasteiger partial charge in [0.25, 0.3) is 0 Å². The summed E-state index contributed by atoms with van der Waals surface area (Å²) in [4.78, 5) is 12.4. The third-order valence-corrected chi connectivity index (χ3v) is 4.09. The van der Waals surface area contributed by atoms with E-state index < -0.39 is 27.4 Å². The molecule has 1 amide bonds. The third-order valence-electron chi connectivity index (χ3n) is 2.91. The zero-order valence-corrected chi connectivity index (χ0v) is 14.4. The highest BCUT2D eigenvalue weighted by Crippen LogP contribution is 2.23. The molecule has 22 heavy (non-hydrogen) atoms. The number of anilines is 1. The molecular formula is C15H23FN2O3S. The quantitative estimate of drug-likeness (QED) is 0.901. The molecular weight excluding hydrogens is 307 g/mol. The normalized spacial score (nSPS) is 13.5. The molecule has 0 saturated heterocycles. The fraction of sp³-hybridized carbons (Fsp3) is 0.533. The molecule has 124 valence electrons. The van der Waals surface area contributed by atoms with Crippen LogP contribution < -0.4 is 9.62 Å². The minimum Gasteiger partial charge on any atom is -0.350 e. The van der Waals surface area contributed by atoms with E-state index >= 15 is 0 Å². The fourth-order valence-electron chi connectivity index (χ4n) is 2.10. The molecule has 0 fully saturated rings. The molecule has 1 N–H and O–H groups in total. The minimum atomic E-state index is -3.69. The number of hydrogen-bond donors (Lipinski definition) is 1. The van der Waals surface area contributed by atoms with Crippen molar-refractivity contribution in [2.45, 2.75) is 45.7 Å². The minimum absolute atomic E-state index is 0.264. The molecule has 0 heterocycles. The monoisotopic (exact) mass is 330 g/mol. The van der Waals surface area contributed by atoms with Crippen LogP contribution in [0.1, 0.15) is 34.1 Å². The molecule has 7 heteroatoms. The van der Waals surface area contributed by atoms with Crippen molar-refractivity contribution in [2.24, 2.45) is 0 Å². The molecule has 1 aromatic rings. The lowest BCUT2D eigenvalue weighted by Crippen LogP contribution is -2.53. The van der Waals surface area contributed by atoms with Crippen molar-refractivity contribution in [3.05, 3.63) is 30.1 Å². The number of carbonyl (C=O) groups is 1. The van der Waals surface area contributed by atoms with Crippen molar-refractivity contribution in [2.75, 3.05) is 10.6 Å². The van der Waals surface area contributed by atoms with Gasteiger partial charge < -0.3 is 5.32 Å². The summed E-state index contributed by atoms with van der Waals surface area (Å²) < 4.78 is 38.4. The average Bonchev–Trinajstić information content (AvgIpc) is 2.33. The molecule has 0 aliphatic rings. The number of hydrogen-bond acceptors (Lipinski definition) is 3. The summed E-state index contributed by atoms with van der Waals surface area (Å²) in [7, 11) is -3.69. The summed E-state index contributed by atoms with van der Waals surface area (Å²) in [5.41, 5.74) is -0.212. The zero-order chi connectivity index (χ0) is 17.1. The van der Waals surface area contributed by atoms with Gasteiger partial charge in [0.1, 0.15) is 11.9 Å². The van der Waals surface area contributed by atoms with Gasteiger partial charge in [-0.1, -0.05) is 6.92 Å². The van der Waals surface area contributed by atoms with Crippen LogP contribution in [-0.2, 0) is 14.8 Å². The topological polar surface area (TPSA) is 66.5 Å². The van der Waals surface area contributed by atoms with Gasteiger partial charge >= 0.3 is 0 Å².